The summed E-state index contributed by atoms with van der Waals surface area (Å²) >= 11 is 0. The summed E-state index contributed by atoms with van der Waals surface area (Å²) in [5.41, 5.74) is 7.05. The zero-order chi connectivity index (χ0) is 13.8. The molecule has 0 aromatic rings. The number of nitrogens with two attached hydrogens (primary N) is 1. The van der Waals surface area contributed by atoms with Gasteiger partial charge in [-0.3, -0.25) is 0 Å². The Hall–Kier alpha value is -0.560. The van der Waals surface area contributed by atoms with E-state index in [9.17, 15) is 0 Å². The van der Waals surface area contributed by atoms with E-state index in [1.54, 1.807) is 0 Å². The highest BCUT2D eigenvalue weighted by molar-refractivity contribution is 5.21. The third kappa shape index (κ3) is 2.88. The lowest BCUT2D eigenvalue weighted by molar-refractivity contribution is 0.0936. The van der Waals surface area contributed by atoms with Crippen LogP contribution in [-0.4, -0.2) is 6.04 Å². The number of hydrogen-bond donors (Lipinski definition) is 1. The summed E-state index contributed by atoms with van der Waals surface area (Å²) in [5, 5.41) is 0. The topological polar surface area (TPSA) is 26.0 Å². The first-order valence-electron chi connectivity index (χ1n) is 7.50. The van der Waals surface area contributed by atoms with E-state index < -0.39 is 0 Å². The first-order valence-corrected chi connectivity index (χ1v) is 7.50. The fourth-order valence-electron chi connectivity index (χ4n) is 3.21. The van der Waals surface area contributed by atoms with Crippen LogP contribution in [0.25, 0.3) is 0 Å². The second-order valence-corrected chi connectivity index (χ2v) is 6.61. The normalized spacial score (nSPS) is 27.2. The van der Waals surface area contributed by atoms with Crippen molar-refractivity contribution in [3.05, 3.63) is 24.3 Å². The summed E-state index contributed by atoms with van der Waals surface area (Å²) in [5.74, 6) is 0.643. The molecule has 1 heteroatoms. The molecule has 18 heavy (non-hydrogen) atoms. The molecule has 0 saturated carbocycles. The standard InChI is InChI=1S/C17H31N/c1-6-11-14(3)17(12-9-8-10-13-17)15(18)16(4,5)7-2/h8-10,12,14-15H,6-7,11,13,18H2,1-5H3. The van der Waals surface area contributed by atoms with Crippen LogP contribution in [0.1, 0.15) is 60.3 Å². The quantitative estimate of drug-likeness (QED) is 0.726. The molecule has 0 amide bonds. The van der Waals surface area contributed by atoms with Gasteiger partial charge in [0.1, 0.15) is 0 Å². The van der Waals surface area contributed by atoms with Crippen LogP contribution in [0.3, 0.4) is 0 Å². The summed E-state index contributed by atoms with van der Waals surface area (Å²) in [4.78, 5) is 0. The van der Waals surface area contributed by atoms with Crippen LogP contribution in [-0.2, 0) is 0 Å². The van der Waals surface area contributed by atoms with Crippen molar-refractivity contribution in [3.8, 4) is 0 Å². The highest BCUT2D eigenvalue weighted by Gasteiger charge is 2.44. The largest absolute Gasteiger partial charge is 0.326 e. The fraction of sp³-hybridized carbons (Fsp3) is 0.765. The van der Waals surface area contributed by atoms with E-state index >= 15 is 0 Å². The molecule has 0 aliphatic heterocycles. The maximum Gasteiger partial charge on any atom is 0.0188 e. The van der Waals surface area contributed by atoms with E-state index in [-0.39, 0.29) is 16.9 Å². The zero-order valence-electron chi connectivity index (χ0n) is 12.9. The average molecular weight is 249 g/mol. The highest BCUT2D eigenvalue weighted by atomic mass is 14.7. The molecule has 0 spiro atoms. The molecule has 0 saturated heterocycles. The Bertz CT molecular complexity index is 314. The van der Waals surface area contributed by atoms with Gasteiger partial charge in [-0.2, -0.15) is 0 Å². The van der Waals surface area contributed by atoms with Crippen LogP contribution in [0.15, 0.2) is 24.3 Å². The van der Waals surface area contributed by atoms with Gasteiger partial charge in [-0.25, -0.2) is 0 Å². The van der Waals surface area contributed by atoms with Gasteiger partial charge >= 0.3 is 0 Å². The minimum absolute atomic E-state index is 0.143. The van der Waals surface area contributed by atoms with Gasteiger partial charge < -0.3 is 5.73 Å². The molecule has 0 aromatic heterocycles. The zero-order valence-corrected chi connectivity index (χ0v) is 12.9. The third-order valence-corrected chi connectivity index (χ3v) is 5.10. The van der Waals surface area contributed by atoms with Gasteiger partial charge in [0.25, 0.3) is 0 Å². The van der Waals surface area contributed by atoms with E-state index in [1.807, 2.05) is 0 Å². The van der Waals surface area contributed by atoms with E-state index in [1.165, 1.54) is 12.8 Å². The minimum Gasteiger partial charge on any atom is -0.326 e. The van der Waals surface area contributed by atoms with Gasteiger partial charge in [0.15, 0.2) is 0 Å². The SMILES string of the molecule is CCCC(C)C1(C(N)C(C)(C)CC)C=CC=CC1. The summed E-state index contributed by atoms with van der Waals surface area (Å²) in [7, 11) is 0. The number of hydrogen-bond acceptors (Lipinski definition) is 1. The molecule has 0 fully saturated rings. The summed E-state index contributed by atoms with van der Waals surface area (Å²) in [6, 6.07) is 0.220. The lowest BCUT2D eigenvalue weighted by Crippen LogP contribution is -2.53. The van der Waals surface area contributed by atoms with Crippen molar-refractivity contribution in [2.24, 2.45) is 22.5 Å². The van der Waals surface area contributed by atoms with E-state index in [2.05, 4.69) is 58.9 Å². The lowest BCUT2D eigenvalue weighted by Gasteiger charge is -2.48. The predicted molar refractivity (Wildman–Crippen MR) is 81.4 cm³/mol. The molecule has 1 aliphatic rings. The van der Waals surface area contributed by atoms with E-state index in [0.717, 1.165) is 12.8 Å². The van der Waals surface area contributed by atoms with Gasteiger partial charge in [-0.1, -0.05) is 71.8 Å². The molecule has 1 rings (SSSR count). The minimum atomic E-state index is 0.143. The Balaban J connectivity index is 3.05. The van der Waals surface area contributed by atoms with Crippen LogP contribution < -0.4 is 5.73 Å². The highest BCUT2D eigenvalue weighted by Crippen LogP contribution is 2.47. The Kier molecular flexibility index (Phi) is 5.21. The molecule has 0 bridgehead atoms. The van der Waals surface area contributed by atoms with Crippen molar-refractivity contribution < 1.29 is 0 Å². The van der Waals surface area contributed by atoms with Crippen molar-refractivity contribution in [2.45, 2.75) is 66.3 Å². The molecule has 0 aromatic carbocycles. The smallest absolute Gasteiger partial charge is 0.0188 e. The van der Waals surface area contributed by atoms with Crippen molar-refractivity contribution in [1.82, 2.24) is 0 Å². The second kappa shape index (κ2) is 6.06. The molecule has 1 aliphatic carbocycles. The fourth-order valence-corrected chi connectivity index (χ4v) is 3.21. The first kappa shape index (κ1) is 15.5. The second-order valence-electron chi connectivity index (χ2n) is 6.61. The molecule has 104 valence electrons. The Morgan fingerprint density at radius 1 is 1.28 bits per heavy atom. The molecule has 2 N–H and O–H groups in total. The van der Waals surface area contributed by atoms with Crippen LogP contribution in [0, 0.1) is 16.7 Å². The maximum atomic E-state index is 6.72. The van der Waals surface area contributed by atoms with Gasteiger partial charge in [-0.05, 0) is 24.2 Å². The summed E-state index contributed by atoms with van der Waals surface area (Å²) in [6.45, 7) is 11.5. The number of rotatable bonds is 6. The molecule has 1 nitrogen and oxygen atoms in total. The Morgan fingerprint density at radius 3 is 2.39 bits per heavy atom. The maximum absolute atomic E-state index is 6.72. The van der Waals surface area contributed by atoms with E-state index in [0.29, 0.717) is 5.92 Å². The molecule has 0 radical (unpaired) electrons. The third-order valence-electron chi connectivity index (χ3n) is 5.10. The monoisotopic (exact) mass is 249 g/mol. The van der Waals surface area contributed by atoms with Crippen LogP contribution in [0.4, 0.5) is 0 Å². The van der Waals surface area contributed by atoms with Crippen LogP contribution in [0.5, 0.6) is 0 Å². The van der Waals surface area contributed by atoms with Gasteiger partial charge in [-0.15, -0.1) is 0 Å². The van der Waals surface area contributed by atoms with Gasteiger partial charge in [0.05, 0.1) is 0 Å². The Labute approximate surface area is 114 Å². The first-order chi connectivity index (χ1) is 8.40. The Morgan fingerprint density at radius 2 is 1.94 bits per heavy atom. The molecule has 0 heterocycles. The van der Waals surface area contributed by atoms with Crippen molar-refractivity contribution in [1.29, 1.82) is 0 Å². The molecule has 3 unspecified atom stereocenters. The summed E-state index contributed by atoms with van der Waals surface area (Å²) < 4.78 is 0. The molecular formula is C17H31N. The van der Waals surface area contributed by atoms with Gasteiger partial charge in [0, 0.05) is 11.5 Å². The number of allylic oxidation sites excluding steroid dienone is 3. The molecular weight excluding hydrogens is 218 g/mol. The van der Waals surface area contributed by atoms with Crippen molar-refractivity contribution in [2.75, 3.05) is 0 Å². The van der Waals surface area contributed by atoms with Crippen LogP contribution in [0.2, 0.25) is 0 Å². The van der Waals surface area contributed by atoms with Crippen LogP contribution >= 0.6 is 0 Å². The van der Waals surface area contributed by atoms with Crippen molar-refractivity contribution >= 4 is 0 Å². The van der Waals surface area contributed by atoms with Crippen molar-refractivity contribution in [3.63, 3.8) is 0 Å². The van der Waals surface area contributed by atoms with Gasteiger partial charge in [0.2, 0.25) is 0 Å². The average Bonchev–Trinajstić information content (AvgIpc) is 2.38. The van der Waals surface area contributed by atoms with E-state index in [4.69, 9.17) is 5.73 Å². The predicted octanol–water partition coefficient (Wildman–Crippen LogP) is 4.69. The molecule has 3 atom stereocenters. The summed E-state index contributed by atoms with van der Waals surface area (Å²) in [6.07, 6.45) is 13.7. The lowest BCUT2D eigenvalue weighted by atomic mass is 9.58.